The Bertz CT molecular complexity index is 1190. The molecule has 31 heavy (non-hydrogen) atoms. The van der Waals surface area contributed by atoms with Crippen LogP contribution in [0.15, 0.2) is 48.5 Å². The van der Waals surface area contributed by atoms with Crippen molar-refractivity contribution in [3.63, 3.8) is 0 Å². The summed E-state index contributed by atoms with van der Waals surface area (Å²) in [5, 5.41) is 0. The van der Waals surface area contributed by atoms with Crippen molar-refractivity contribution in [1.29, 1.82) is 0 Å². The molecule has 0 bridgehead atoms. The molecule has 0 heterocycles. The molecule has 0 N–H and O–H groups in total. The van der Waals surface area contributed by atoms with E-state index < -0.39 is 36.6 Å². The first-order valence-corrected chi connectivity index (χ1v) is 14.1. The van der Waals surface area contributed by atoms with Gasteiger partial charge in [-0.15, -0.1) is 0 Å². The van der Waals surface area contributed by atoms with Crippen LogP contribution in [-0.2, 0) is 36.6 Å². The molecule has 168 valence electrons. The molecule has 0 atom stereocenters. The molecule has 2 aromatic carbocycles. The fourth-order valence-corrected chi connectivity index (χ4v) is 3.34. The van der Waals surface area contributed by atoms with Gasteiger partial charge in [0.2, 0.25) is 18.3 Å². The molecule has 0 aliphatic heterocycles. The van der Waals surface area contributed by atoms with E-state index in [2.05, 4.69) is 8.37 Å². The van der Waals surface area contributed by atoms with Crippen LogP contribution in [-0.4, -0.2) is 65.8 Å². The predicted molar refractivity (Wildman–Crippen MR) is 107 cm³/mol. The van der Waals surface area contributed by atoms with Crippen LogP contribution < -0.4 is 8.37 Å². The Kier molecular flexibility index (Phi) is 10.4. The topological polar surface area (TPSA) is 201 Å². The van der Waals surface area contributed by atoms with E-state index in [4.69, 9.17) is 0 Å². The van der Waals surface area contributed by atoms with Crippen molar-refractivity contribution in [2.75, 3.05) is 0 Å². The molecule has 2 rings (SSSR count). The smallest absolute Gasteiger partial charge is 0.733 e. The molecule has 12 nitrogen and oxygen atoms in total. The predicted octanol–water partition coefficient (Wildman–Crippen LogP) is -0.0532. The summed E-state index contributed by atoms with van der Waals surface area (Å²) in [6, 6.07) is 11.1. The van der Waals surface area contributed by atoms with E-state index in [1.165, 1.54) is 48.5 Å². The normalized spacial score (nSPS) is 12.0. The van der Waals surface area contributed by atoms with Crippen molar-refractivity contribution in [2.24, 2.45) is 0 Å². The van der Waals surface area contributed by atoms with Gasteiger partial charge in [0.25, 0.3) is 0 Å². The second-order valence-electron chi connectivity index (χ2n) is 5.43. The zero-order valence-electron chi connectivity index (χ0n) is 15.9. The van der Waals surface area contributed by atoms with Gasteiger partial charge in [0.15, 0.2) is 0 Å². The van der Waals surface area contributed by atoms with Gasteiger partial charge in [-0.05, 0) is 38.1 Å². The Morgan fingerprint density at radius 3 is 0.968 bits per heavy atom. The maximum Gasteiger partial charge on any atom is 2.00 e. The summed E-state index contributed by atoms with van der Waals surface area (Å²) < 4.78 is 113. The van der Waals surface area contributed by atoms with Crippen LogP contribution in [0.25, 0.3) is 0 Å². The minimum atomic E-state index is -5.51. The van der Waals surface area contributed by atoms with Gasteiger partial charge in [-0.3, -0.25) is 0 Å². The molecule has 0 aromatic heterocycles. The molecule has 0 saturated heterocycles. The first kappa shape index (κ1) is 29.5. The SMILES string of the molecule is Cc1ccc(OS(=O)(=O)S(=O)(=O)[O-])cc1.Cc1ccc(OS(=O)(=O)S(=O)(=O)[O-])cc1.[Mg+2]. The third-order valence-electron chi connectivity index (χ3n) is 2.94. The summed E-state index contributed by atoms with van der Waals surface area (Å²) in [6.45, 7) is 3.51. The molecule has 0 spiro atoms. The Hall–Kier alpha value is -1.47. The van der Waals surface area contributed by atoms with E-state index in [-0.39, 0.29) is 34.6 Å². The minimum absolute atomic E-state index is 0. The summed E-state index contributed by atoms with van der Waals surface area (Å²) in [5.74, 6) is -0.444. The molecule has 0 fully saturated rings. The Morgan fingerprint density at radius 2 is 0.774 bits per heavy atom. The molecule has 0 aliphatic rings. The molecule has 0 radical (unpaired) electrons. The van der Waals surface area contributed by atoms with Crippen molar-refractivity contribution >= 4 is 59.7 Å². The van der Waals surface area contributed by atoms with Crippen LogP contribution in [0.1, 0.15) is 11.1 Å². The number of hydrogen-bond donors (Lipinski definition) is 0. The van der Waals surface area contributed by atoms with E-state index in [0.29, 0.717) is 0 Å². The molecule has 0 unspecified atom stereocenters. The van der Waals surface area contributed by atoms with Gasteiger partial charge in [-0.1, -0.05) is 35.4 Å². The van der Waals surface area contributed by atoms with Gasteiger partial charge < -0.3 is 17.5 Å². The van der Waals surface area contributed by atoms with Gasteiger partial charge in [0.05, 0.1) is 0 Å². The first-order chi connectivity index (χ1) is 13.4. The van der Waals surface area contributed by atoms with Gasteiger partial charge in [0.1, 0.15) is 11.5 Å². The summed E-state index contributed by atoms with van der Waals surface area (Å²) in [7, 11) is -21.3. The molecular weight excluding hydrogens is 513 g/mol. The van der Waals surface area contributed by atoms with Crippen LogP contribution in [0.5, 0.6) is 11.5 Å². The monoisotopic (exact) mass is 526 g/mol. The Labute approximate surface area is 194 Å². The second kappa shape index (κ2) is 10.9. The second-order valence-corrected chi connectivity index (χ2v) is 13.9. The molecule has 0 aliphatic carbocycles. The number of hydrogen-bond acceptors (Lipinski definition) is 12. The number of rotatable bonds is 6. The average molecular weight is 527 g/mol. The van der Waals surface area contributed by atoms with Gasteiger partial charge in [-0.25, -0.2) is 16.8 Å². The molecule has 17 heteroatoms. The standard InChI is InChI=1S/2C7H8O6S2.Mg/c2*1-6-2-4-7(5-3-6)13-15(11,12)14(8,9)10;/h2*2-5H,1H3,(H,8,9,10);/q;;+2/p-2. The fourth-order valence-electron chi connectivity index (χ4n) is 1.51. The Morgan fingerprint density at radius 1 is 0.548 bits per heavy atom. The summed E-state index contributed by atoms with van der Waals surface area (Å²) in [6.07, 6.45) is 0. The maximum atomic E-state index is 10.8. The van der Waals surface area contributed by atoms with Gasteiger partial charge in [-0.2, -0.15) is 16.8 Å². The zero-order chi connectivity index (χ0) is 23.4. The van der Waals surface area contributed by atoms with E-state index >= 15 is 0 Å². The van der Waals surface area contributed by atoms with Crippen molar-refractivity contribution < 1.29 is 51.1 Å². The molecule has 0 saturated carbocycles. The van der Waals surface area contributed by atoms with E-state index in [1.807, 2.05) is 0 Å². The van der Waals surface area contributed by atoms with Crippen LogP contribution in [0.4, 0.5) is 0 Å². The summed E-state index contributed by atoms with van der Waals surface area (Å²) >= 11 is 0. The third-order valence-corrected chi connectivity index (χ3v) is 8.14. The van der Waals surface area contributed by atoms with Gasteiger partial charge in [0, 0.05) is 0 Å². The summed E-state index contributed by atoms with van der Waals surface area (Å²) in [5.41, 5.74) is 1.68. The van der Waals surface area contributed by atoms with Crippen molar-refractivity contribution in [1.82, 2.24) is 0 Å². The summed E-state index contributed by atoms with van der Waals surface area (Å²) in [4.78, 5) is 0. The fraction of sp³-hybridized carbons (Fsp3) is 0.143. The average Bonchev–Trinajstić information content (AvgIpc) is 2.57. The maximum absolute atomic E-state index is 10.8. The Balaban J connectivity index is 0.000000562. The third kappa shape index (κ3) is 9.27. The molecular formula is C14H14MgO12S4. The van der Waals surface area contributed by atoms with Crippen molar-refractivity contribution in [3.8, 4) is 11.5 Å². The quantitative estimate of drug-likeness (QED) is 0.276. The van der Waals surface area contributed by atoms with E-state index in [0.717, 1.165) is 11.1 Å². The first-order valence-electron chi connectivity index (χ1n) is 7.38. The minimum Gasteiger partial charge on any atom is -0.733 e. The van der Waals surface area contributed by atoms with Crippen LogP contribution in [0, 0.1) is 13.8 Å². The molecule has 2 aromatic rings. The number of benzene rings is 2. The van der Waals surface area contributed by atoms with E-state index in [9.17, 15) is 42.8 Å². The van der Waals surface area contributed by atoms with Crippen molar-refractivity contribution in [2.45, 2.75) is 13.8 Å². The number of aryl methyl sites for hydroxylation is 2. The van der Waals surface area contributed by atoms with Gasteiger partial charge >= 0.3 is 41.4 Å². The largest absolute Gasteiger partial charge is 2.00 e. The van der Waals surface area contributed by atoms with E-state index in [1.54, 1.807) is 13.8 Å². The van der Waals surface area contributed by atoms with Crippen LogP contribution in [0.3, 0.4) is 0 Å². The van der Waals surface area contributed by atoms with Crippen LogP contribution >= 0.6 is 0 Å². The van der Waals surface area contributed by atoms with Crippen LogP contribution in [0.2, 0.25) is 0 Å². The molecule has 0 amide bonds. The zero-order valence-corrected chi connectivity index (χ0v) is 20.5. The van der Waals surface area contributed by atoms with Crippen molar-refractivity contribution in [3.05, 3.63) is 59.7 Å².